The van der Waals surface area contributed by atoms with E-state index >= 15 is 0 Å². The van der Waals surface area contributed by atoms with Crippen LogP contribution in [-0.2, 0) is 0 Å². The van der Waals surface area contributed by atoms with Crippen molar-refractivity contribution in [2.45, 2.75) is 13.0 Å². The van der Waals surface area contributed by atoms with Crippen molar-refractivity contribution in [3.05, 3.63) is 36.0 Å². The van der Waals surface area contributed by atoms with Crippen LogP contribution in [-0.4, -0.2) is 10.1 Å². The van der Waals surface area contributed by atoms with E-state index in [0.717, 1.165) is 16.5 Å². The summed E-state index contributed by atoms with van der Waals surface area (Å²) in [6.45, 7) is 1.78. The van der Waals surface area contributed by atoms with Gasteiger partial charge in [-0.2, -0.15) is 0 Å². The average Bonchev–Trinajstić information content (AvgIpc) is 2.49. The first kappa shape index (κ1) is 7.37. The number of nitrogens with one attached hydrogen (secondary N) is 1. The lowest BCUT2D eigenvalue weighted by Gasteiger charge is -2.04. The number of rotatable bonds is 1. The third kappa shape index (κ3) is 1.01. The first-order valence-corrected chi connectivity index (χ1v) is 4.03. The summed E-state index contributed by atoms with van der Waals surface area (Å²) >= 11 is 0. The van der Waals surface area contributed by atoms with Gasteiger partial charge < -0.3 is 10.1 Å². The molecule has 1 aromatic carbocycles. The molecule has 1 aromatic heterocycles. The Balaban J connectivity index is 2.73. The van der Waals surface area contributed by atoms with E-state index < -0.39 is 6.10 Å². The van der Waals surface area contributed by atoms with Crippen LogP contribution in [0.15, 0.2) is 30.5 Å². The fraction of sp³-hybridized carbons (Fsp3) is 0.200. The van der Waals surface area contributed by atoms with Gasteiger partial charge in [0.05, 0.1) is 6.10 Å². The summed E-state index contributed by atoms with van der Waals surface area (Å²) in [4.78, 5) is 3.10. The molecule has 0 amide bonds. The van der Waals surface area contributed by atoms with Gasteiger partial charge in [0.15, 0.2) is 0 Å². The molecule has 0 aliphatic carbocycles. The highest BCUT2D eigenvalue weighted by atomic mass is 16.3. The molecule has 0 saturated heterocycles. The van der Waals surface area contributed by atoms with Crippen molar-refractivity contribution in [3.8, 4) is 0 Å². The highest BCUT2D eigenvalue weighted by Gasteiger charge is 2.05. The molecule has 1 heterocycles. The van der Waals surface area contributed by atoms with E-state index in [2.05, 4.69) is 4.98 Å². The van der Waals surface area contributed by atoms with Crippen LogP contribution in [0.25, 0.3) is 10.9 Å². The van der Waals surface area contributed by atoms with E-state index in [9.17, 15) is 5.11 Å². The van der Waals surface area contributed by atoms with Crippen LogP contribution in [0, 0.1) is 0 Å². The van der Waals surface area contributed by atoms with Crippen molar-refractivity contribution in [3.63, 3.8) is 0 Å². The average molecular weight is 161 g/mol. The maximum atomic E-state index is 9.43. The van der Waals surface area contributed by atoms with Gasteiger partial charge in [-0.15, -0.1) is 0 Å². The molecule has 2 nitrogen and oxygen atoms in total. The van der Waals surface area contributed by atoms with Gasteiger partial charge in [-0.25, -0.2) is 0 Å². The van der Waals surface area contributed by atoms with Crippen molar-refractivity contribution < 1.29 is 5.11 Å². The van der Waals surface area contributed by atoms with E-state index in [4.69, 9.17) is 0 Å². The van der Waals surface area contributed by atoms with Crippen LogP contribution < -0.4 is 0 Å². The lowest BCUT2D eigenvalue weighted by molar-refractivity contribution is 0.201. The fourth-order valence-corrected chi connectivity index (χ4v) is 1.47. The summed E-state index contributed by atoms with van der Waals surface area (Å²) in [5.41, 5.74) is 2.06. The number of aliphatic hydroxyl groups excluding tert-OH is 1. The third-order valence-corrected chi connectivity index (χ3v) is 2.08. The van der Waals surface area contributed by atoms with E-state index in [1.165, 1.54) is 0 Å². The largest absolute Gasteiger partial charge is 0.389 e. The number of H-pyrrole nitrogens is 1. The topological polar surface area (TPSA) is 36.0 Å². The van der Waals surface area contributed by atoms with Crippen molar-refractivity contribution in [1.82, 2.24) is 4.98 Å². The summed E-state index contributed by atoms with van der Waals surface area (Å²) in [7, 11) is 0. The Bertz CT molecular complexity index is 389. The second kappa shape index (κ2) is 2.64. The van der Waals surface area contributed by atoms with Gasteiger partial charge in [-0.3, -0.25) is 0 Å². The van der Waals surface area contributed by atoms with Crippen LogP contribution in [0.5, 0.6) is 0 Å². The first-order chi connectivity index (χ1) is 5.79. The van der Waals surface area contributed by atoms with Crippen LogP contribution in [0.4, 0.5) is 0 Å². The standard InChI is InChI=1S/C10H11NO/c1-7(12)8-3-2-4-10-9(8)5-6-11-10/h2-7,11-12H,1H3/t7-/m0/s1. The Kier molecular flexibility index (Phi) is 1.62. The molecule has 2 rings (SSSR count). The van der Waals surface area contributed by atoms with Crippen molar-refractivity contribution in [2.75, 3.05) is 0 Å². The number of benzene rings is 1. The van der Waals surface area contributed by atoms with Gasteiger partial charge in [0.25, 0.3) is 0 Å². The Morgan fingerprint density at radius 2 is 2.17 bits per heavy atom. The second-order valence-electron chi connectivity index (χ2n) is 2.96. The van der Waals surface area contributed by atoms with Gasteiger partial charge in [0.2, 0.25) is 0 Å². The molecule has 2 N–H and O–H groups in total. The molecule has 0 bridgehead atoms. The molecule has 0 fully saturated rings. The highest BCUT2D eigenvalue weighted by Crippen LogP contribution is 2.22. The van der Waals surface area contributed by atoms with E-state index in [-0.39, 0.29) is 0 Å². The zero-order valence-corrected chi connectivity index (χ0v) is 6.91. The number of aliphatic hydroxyl groups is 1. The minimum absolute atomic E-state index is 0.399. The Hall–Kier alpha value is -1.28. The van der Waals surface area contributed by atoms with Crippen molar-refractivity contribution in [1.29, 1.82) is 0 Å². The lowest BCUT2D eigenvalue weighted by Crippen LogP contribution is -1.90. The number of hydrogen-bond acceptors (Lipinski definition) is 1. The number of aromatic nitrogens is 1. The molecule has 62 valence electrons. The van der Waals surface area contributed by atoms with E-state index in [1.807, 2.05) is 30.5 Å². The Morgan fingerprint density at radius 1 is 1.33 bits per heavy atom. The molecule has 0 unspecified atom stereocenters. The lowest BCUT2D eigenvalue weighted by atomic mass is 10.1. The molecule has 1 atom stereocenters. The predicted molar refractivity (Wildman–Crippen MR) is 48.9 cm³/mol. The van der Waals surface area contributed by atoms with Crippen LogP contribution in [0.3, 0.4) is 0 Å². The summed E-state index contributed by atoms with van der Waals surface area (Å²) in [5.74, 6) is 0. The Morgan fingerprint density at radius 3 is 2.92 bits per heavy atom. The van der Waals surface area contributed by atoms with Crippen molar-refractivity contribution >= 4 is 10.9 Å². The van der Waals surface area contributed by atoms with Gasteiger partial charge in [-0.05, 0) is 24.6 Å². The highest BCUT2D eigenvalue weighted by molar-refractivity contribution is 5.83. The molecule has 0 aliphatic heterocycles. The SMILES string of the molecule is C[C@H](O)c1cccc2[nH]ccc12. The predicted octanol–water partition coefficient (Wildman–Crippen LogP) is 2.22. The normalized spacial score (nSPS) is 13.5. The van der Waals surface area contributed by atoms with Crippen LogP contribution in [0.2, 0.25) is 0 Å². The summed E-state index contributed by atoms with van der Waals surface area (Å²) < 4.78 is 0. The zero-order chi connectivity index (χ0) is 8.55. The number of fused-ring (bicyclic) bond motifs is 1. The minimum atomic E-state index is -0.399. The second-order valence-corrected chi connectivity index (χ2v) is 2.96. The molecule has 2 heteroatoms. The molecular formula is C10H11NO. The summed E-state index contributed by atoms with van der Waals surface area (Å²) in [6.07, 6.45) is 1.49. The van der Waals surface area contributed by atoms with Crippen LogP contribution >= 0.6 is 0 Å². The maximum Gasteiger partial charge on any atom is 0.0768 e. The first-order valence-electron chi connectivity index (χ1n) is 4.03. The van der Waals surface area contributed by atoms with Gasteiger partial charge in [-0.1, -0.05) is 12.1 Å². The van der Waals surface area contributed by atoms with Gasteiger partial charge >= 0.3 is 0 Å². The maximum absolute atomic E-state index is 9.43. The van der Waals surface area contributed by atoms with E-state index in [1.54, 1.807) is 6.92 Å². The monoisotopic (exact) mass is 161 g/mol. The third-order valence-electron chi connectivity index (χ3n) is 2.08. The van der Waals surface area contributed by atoms with E-state index in [0.29, 0.717) is 0 Å². The smallest absolute Gasteiger partial charge is 0.0768 e. The number of hydrogen-bond donors (Lipinski definition) is 2. The van der Waals surface area contributed by atoms with Gasteiger partial charge in [0, 0.05) is 17.1 Å². The van der Waals surface area contributed by atoms with Crippen LogP contribution in [0.1, 0.15) is 18.6 Å². The fourth-order valence-electron chi connectivity index (χ4n) is 1.47. The molecule has 2 aromatic rings. The summed E-state index contributed by atoms with van der Waals surface area (Å²) in [5, 5.41) is 10.5. The molecule has 12 heavy (non-hydrogen) atoms. The molecule has 0 radical (unpaired) electrons. The minimum Gasteiger partial charge on any atom is -0.389 e. The number of aromatic amines is 1. The quantitative estimate of drug-likeness (QED) is 0.661. The molecule has 0 spiro atoms. The van der Waals surface area contributed by atoms with Crippen molar-refractivity contribution in [2.24, 2.45) is 0 Å². The van der Waals surface area contributed by atoms with Gasteiger partial charge in [0.1, 0.15) is 0 Å². The molecule has 0 saturated carbocycles. The summed E-state index contributed by atoms with van der Waals surface area (Å²) in [6, 6.07) is 7.88. The Labute approximate surface area is 70.8 Å². The zero-order valence-electron chi connectivity index (χ0n) is 6.91. The molecule has 0 aliphatic rings. The molecular weight excluding hydrogens is 150 g/mol.